The van der Waals surface area contributed by atoms with Gasteiger partial charge in [0.1, 0.15) is 10.8 Å². The van der Waals surface area contributed by atoms with Gasteiger partial charge in [0.15, 0.2) is 11.8 Å². The molecule has 1 aromatic carbocycles. The van der Waals surface area contributed by atoms with E-state index in [4.69, 9.17) is 9.47 Å². The zero-order chi connectivity index (χ0) is 18.5. The quantitative estimate of drug-likeness (QED) is 0.644. The van der Waals surface area contributed by atoms with E-state index in [9.17, 15) is 9.59 Å². The summed E-state index contributed by atoms with van der Waals surface area (Å²) >= 11 is 2.90. The first-order chi connectivity index (χ1) is 12.6. The van der Waals surface area contributed by atoms with Crippen molar-refractivity contribution in [1.29, 1.82) is 0 Å². The van der Waals surface area contributed by atoms with Crippen LogP contribution in [0.4, 0.5) is 5.69 Å². The average molecular weight is 388 g/mol. The maximum Gasteiger partial charge on any atom is 0.358 e. The van der Waals surface area contributed by atoms with Crippen LogP contribution in [0.1, 0.15) is 17.4 Å². The number of para-hydroxylation sites is 2. The molecule has 0 aliphatic rings. The molecule has 0 bridgehead atoms. The third-order valence-electron chi connectivity index (χ3n) is 3.46. The summed E-state index contributed by atoms with van der Waals surface area (Å²) in [5, 5.41) is 7.01. The first kappa shape index (κ1) is 18.1. The molecule has 0 radical (unpaired) electrons. The Morgan fingerprint density at radius 2 is 1.96 bits per heavy atom. The number of rotatable bonds is 6. The normalized spacial score (nSPS) is 11.6. The number of anilines is 1. The van der Waals surface area contributed by atoms with Crippen molar-refractivity contribution in [3.63, 3.8) is 0 Å². The summed E-state index contributed by atoms with van der Waals surface area (Å²) in [5.74, 6) is -0.553. The second-order valence-electron chi connectivity index (χ2n) is 5.25. The first-order valence-corrected chi connectivity index (χ1v) is 9.48. The minimum absolute atomic E-state index is 0.190. The predicted octanol–water partition coefficient (Wildman–Crippen LogP) is 4.06. The minimum Gasteiger partial charge on any atom is -0.495 e. The molecule has 134 valence electrons. The van der Waals surface area contributed by atoms with Gasteiger partial charge >= 0.3 is 5.97 Å². The minimum atomic E-state index is -0.973. The molecule has 3 rings (SSSR count). The van der Waals surface area contributed by atoms with E-state index in [1.807, 2.05) is 17.5 Å². The van der Waals surface area contributed by atoms with Crippen LogP contribution in [-0.2, 0) is 9.53 Å². The molecule has 2 aromatic heterocycles. The number of amides is 1. The van der Waals surface area contributed by atoms with Crippen LogP contribution in [0, 0.1) is 0 Å². The fourth-order valence-corrected chi connectivity index (χ4v) is 3.74. The Kier molecular flexibility index (Phi) is 5.65. The molecule has 0 spiro atoms. The summed E-state index contributed by atoms with van der Waals surface area (Å²) < 4.78 is 10.4. The van der Waals surface area contributed by atoms with Crippen LogP contribution in [0.2, 0.25) is 0 Å². The van der Waals surface area contributed by atoms with Gasteiger partial charge in [0, 0.05) is 5.38 Å². The molecule has 0 aliphatic carbocycles. The van der Waals surface area contributed by atoms with Crippen LogP contribution in [0.25, 0.3) is 9.88 Å². The Balaban J connectivity index is 1.63. The maximum absolute atomic E-state index is 12.3. The number of hydrogen-bond acceptors (Lipinski definition) is 7. The molecule has 26 heavy (non-hydrogen) atoms. The van der Waals surface area contributed by atoms with E-state index in [-0.39, 0.29) is 5.69 Å². The number of nitrogens with one attached hydrogen (secondary N) is 1. The summed E-state index contributed by atoms with van der Waals surface area (Å²) in [6.07, 6.45) is -0.973. The molecule has 1 amide bonds. The van der Waals surface area contributed by atoms with Crippen molar-refractivity contribution in [2.75, 3.05) is 12.4 Å². The summed E-state index contributed by atoms with van der Waals surface area (Å²) in [4.78, 5) is 29.8. The molecule has 0 saturated carbocycles. The molecule has 1 N–H and O–H groups in total. The van der Waals surface area contributed by atoms with Gasteiger partial charge in [-0.2, -0.15) is 0 Å². The van der Waals surface area contributed by atoms with E-state index in [1.165, 1.54) is 25.4 Å². The van der Waals surface area contributed by atoms with Crippen molar-refractivity contribution >= 4 is 40.2 Å². The van der Waals surface area contributed by atoms with Crippen LogP contribution < -0.4 is 10.1 Å². The van der Waals surface area contributed by atoms with E-state index in [2.05, 4.69) is 10.3 Å². The Morgan fingerprint density at radius 1 is 1.15 bits per heavy atom. The number of carbonyl (C=O) groups is 2. The van der Waals surface area contributed by atoms with Crippen molar-refractivity contribution in [3.8, 4) is 15.6 Å². The number of carbonyl (C=O) groups excluding carboxylic acids is 2. The predicted molar refractivity (Wildman–Crippen MR) is 102 cm³/mol. The van der Waals surface area contributed by atoms with Gasteiger partial charge in [0.05, 0.1) is 17.7 Å². The Morgan fingerprint density at radius 3 is 2.69 bits per heavy atom. The largest absolute Gasteiger partial charge is 0.495 e. The zero-order valence-corrected chi connectivity index (χ0v) is 15.7. The average Bonchev–Trinajstić information content (AvgIpc) is 3.33. The molecule has 3 aromatic rings. The molecule has 2 heterocycles. The van der Waals surface area contributed by atoms with Gasteiger partial charge in [-0.15, -0.1) is 22.7 Å². The lowest BCUT2D eigenvalue weighted by Gasteiger charge is -2.14. The lowest BCUT2D eigenvalue weighted by molar-refractivity contribution is -0.123. The van der Waals surface area contributed by atoms with Crippen LogP contribution in [0.5, 0.6) is 5.75 Å². The number of methoxy groups -OCH3 is 1. The van der Waals surface area contributed by atoms with E-state index in [0.717, 1.165) is 9.88 Å². The SMILES string of the molecule is COc1ccccc1NC(=O)[C@H](C)OC(=O)c1csc(-c2cccs2)n1. The second kappa shape index (κ2) is 8.11. The number of aromatic nitrogens is 1. The van der Waals surface area contributed by atoms with E-state index >= 15 is 0 Å². The number of esters is 1. The fourth-order valence-electron chi connectivity index (χ4n) is 2.14. The monoisotopic (exact) mass is 388 g/mol. The highest BCUT2D eigenvalue weighted by Crippen LogP contribution is 2.28. The van der Waals surface area contributed by atoms with Crippen molar-refractivity contribution < 1.29 is 19.1 Å². The summed E-state index contributed by atoms with van der Waals surface area (Å²) in [7, 11) is 1.52. The third kappa shape index (κ3) is 4.09. The molecule has 8 heteroatoms. The van der Waals surface area contributed by atoms with Gasteiger partial charge in [0.2, 0.25) is 0 Å². The molecule has 6 nitrogen and oxygen atoms in total. The maximum atomic E-state index is 12.3. The van der Waals surface area contributed by atoms with Crippen LogP contribution >= 0.6 is 22.7 Å². The molecular formula is C18H16N2O4S2. The number of hydrogen-bond donors (Lipinski definition) is 1. The van der Waals surface area contributed by atoms with E-state index in [0.29, 0.717) is 11.4 Å². The van der Waals surface area contributed by atoms with Crippen molar-refractivity contribution in [2.45, 2.75) is 13.0 Å². The Bertz CT molecular complexity index is 906. The Labute approximate surface area is 158 Å². The highest BCUT2D eigenvalue weighted by molar-refractivity contribution is 7.20. The Hall–Kier alpha value is -2.71. The van der Waals surface area contributed by atoms with Gasteiger partial charge < -0.3 is 14.8 Å². The first-order valence-electron chi connectivity index (χ1n) is 7.72. The number of nitrogens with zero attached hydrogens (tertiary/aromatic N) is 1. The van der Waals surface area contributed by atoms with Crippen LogP contribution in [0.15, 0.2) is 47.2 Å². The number of benzene rings is 1. The smallest absolute Gasteiger partial charge is 0.358 e. The standard InChI is InChI=1S/C18H16N2O4S2/c1-11(16(21)19-12-6-3-4-7-14(12)23-2)24-18(22)13-10-26-17(20-13)15-8-5-9-25-15/h3-11H,1-2H3,(H,19,21)/t11-/m0/s1. The summed E-state index contributed by atoms with van der Waals surface area (Å²) in [5.41, 5.74) is 0.701. The third-order valence-corrected chi connectivity index (χ3v) is 5.34. The van der Waals surface area contributed by atoms with E-state index < -0.39 is 18.0 Å². The lowest BCUT2D eigenvalue weighted by atomic mass is 10.2. The van der Waals surface area contributed by atoms with Gasteiger partial charge in [-0.25, -0.2) is 9.78 Å². The topological polar surface area (TPSA) is 77.5 Å². The van der Waals surface area contributed by atoms with Gasteiger partial charge in [-0.1, -0.05) is 18.2 Å². The number of thiophene rings is 1. The van der Waals surface area contributed by atoms with Crippen LogP contribution in [-0.4, -0.2) is 30.1 Å². The van der Waals surface area contributed by atoms with E-state index in [1.54, 1.807) is 41.0 Å². The van der Waals surface area contributed by atoms with Gasteiger partial charge in [-0.3, -0.25) is 4.79 Å². The molecular weight excluding hydrogens is 372 g/mol. The molecule has 0 unspecified atom stereocenters. The molecule has 0 fully saturated rings. The zero-order valence-electron chi connectivity index (χ0n) is 14.1. The molecule has 0 saturated heterocycles. The van der Waals surface area contributed by atoms with Crippen LogP contribution in [0.3, 0.4) is 0 Å². The summed E-state index contributed by atoms with van der Waals surface area (Å²) in [6.45, 7) is 1.51. The summed E-state index contributed by atoms with van der Waals surface area (Å²) in [6, 6.07) is 10.9. The molecule has 0 aliphatic heterocycles. The number of ether oxygens (including phenoxy) is 2. The van der Waals surface area contributed by atoms with Crippen molar-refractivity contribution in [1.82, 2.24) is 4.98 Å². The molecule has 1 atom stereocenters. The van der Waals surface area contributed by atoms with Gasteiger partial charge in [0.25, 0.3) is 5.91 Å². The highest BCUT2D eigenvalue weighted by atomic mass is 32.1. The fraction of sp³-hybridized carbons (Fsp3) is 0.167. The highest BCUT2D eigenvalue weighted by Gasteiger charge is 2.22. The number of thiazole rings is 1. The second-order valence-corrected chi connectivity index (χ2v) is 7.06. The lowest BCUT2D eigenvalue weighted by Crippen LogP contribution is -2.30. The van der Waals surface area contributed by atoms with Crippen molar-refractivity contribution in [2.24, 2.45) is 0 Å². The van der Waals surface area contributed by atoms with Crippen molar-refractivity contribution in [3.05, 3.63) is 52.9 Å². The van der Waals surface area contributed by atoms with Gasteiger partial charge in [-0.05, 0) is 30.5 Å².